The number of benzene rings is 1. The van der Waals surface area contributed by atoms with Crippen molar-refractivity contribution in [1.82, 2.24) is 9.97 Å². The molecule has 1 aromatic heterocycles. The topological polar surface area (TPSA) is 62.8 Å². The Balaban J connectivity index is 1.82. The van der Waals surface area contributed by atoms with Crippen molar-refractivity contribution >= 4 is 5.78 Å². The molecule has 1 fully saturated rings. The number of hydrogen-bond donors (Lipinski definition) is 1. The molecule has 0 unspecified atom stereocenters. The monoisotopic (exact) mass is 386 g/mol. The highest BCUT2D eigenvalue weighted by Crippen LogP contribution is 2.38. The maximum atomic E-state index is 13.7. The number of halogens is 5. The van der Waals surface area contributed by atoms with Gasteiger partial charge < -0.3 is 4.98 Å². The smallest absolute Gasteiger partial charge is 0.310 e. The first-order valence-electron chi connectivity index (χ1n) is 8.27. The third-order valence-corrected chi connectivity index (χ3v) is 4.42. The van der Waals surface area contributed by atoms with Crippen LogP contribution in [0.5, 0.6) is 0 Å². The zero-order valence-corrected chi connectivity index (χ0v) is 14.2. The molecule has 27 heavy (non-hydrogen) atoms. The number of nitrogens with zero attached hydrogens (tertiary/aromatic N) is 1. The summed E-state index contributed by atoms with van der Waals surface area (Å²) in [6, 6.07) is 2.18. The van der Waals surface area contributed by atoms with E-state index in [1.54, 1.807) is 0 Å². The fourth-order valence-electron chi connectivity index (χ4n) is 2.82. The number of nitrogens with one attached hydrogen (secondary N) is 1. The van der Waals surface area contributed by atoms with Crippen molar-refractivity contribution in [2.45, 2.75) is 44.2 Å². The Morgan fingerprint density at radius 1 is 1.22 bits per heavy atom. The van der Waals surface area contributed by atoms with Gasteiger partial charge in [0, 0.05) is 18.4 Å². The van der Waals surface area contributed by atoms with Crippen molar-refractivity contribution in [2.75, 3.05) is 0 Å². The lowest BCUT2D eigenvalue weighted by atomic mass is 9.93. The van der Waals surface area contributed by atoms with Gasteiger partial charge in [-0.25, -0.2) is 13.8 Å². The lowest BCUT2D eigenvalue weighted by molar-refractivity contribution is -0.142. The van der Waals surface area contributed by atoms with Crippen molar-refractivity contribution in [2.24, 2.45) is 0 Å². The minimum Gasteiger partial charge on any atom is -0.310 e. The molecular weight excluding hydrogens is 371 g/mol. The van der Waals surface area contributed by atoms with Crippen LogP contribution in [0, 0.1) is 11.6 Å². The molecule has 1 atom stereocenters. The van der Waals surface area contributed by atoms with Crippen molar-refractivity contribution in [3.63, 3.8) is 0 Å². The molecule has 1 aliphatic carbocycles. The standard InChI is InChI=1S/C18H15F5N2O2/c1-8(10-5-11(19)16(12(20)6-10)18(21,22)23)4-14(26)13-7-15(27)25-17(24-13)9-2-3-9/h5-9H,2-4H2,1H3,(H,24,25,27)/t8-/m0/s1. The van der Waals surface area contributed by atoms with Crippen LogP contribution in [0.3, 0.4) is 0 Å². The number of carbonyl (C=O) groups excluding carboxylic acids is 1. The molecule has 0 aliphatic heterocycles. The zero-order chi connectivity index (χ0) is 19.9. The molecule has 0 bridgehead atoms. The number of rotatable bonds is 5. The molecule has 144 valence electrons. The highest BCUT2D eigenvalue weighted by molar-refractivity contribution is 5.94. The average molecular weight is 386 g/mol. The largest absolute Gasteiger partial charge is 0.422 e. The van der Waals surface area contributed by atoms with E-state index in [0.29, 0.717) is 18.0 Å². The Hall–Kier alpha value is -2.58. The molecule has 1 aliphatic rings. The summed E-state index contributed by atoms with van der Waals surface area (Å²) in [7, 11) is 0. The van der Waals surface area contributed by atoms with Gasteiger partial charge in [0.15, 0.2) is 5.78 Å². The van der Waals surface area contributed by atoms with Gasteiger partial charge in [0.1, 0.15) is 28.7 Å². The number of aromatic amines is 1. The van der Waals surface area contributed by atoms with E-state index in [1.165, 1.54) is 6.92 Å². The maximum absolute atomic E-state index is 13.7. The van der Waals surface area contributed by atoms with E-state index >= 15 is 0 Å². The Labute approximate surface area is 150 Å². The quantitative estimate of drug-likeness (QED) is 0.615. The lowest BCUT2D eigenvalue weighted by Crippen LogP contribution is -2.17. The van der Waals surface area contributed by atoms with Crippen LogP contribution in [0.4, 0.5) is 22.0 Å². The summed E-state index contributed by atoms with van der Waals surface area (Å²) in [5.41, 5.74) is -2.59. The number of aromatic nitrogens is 2. The van der Waals surface area contributed by atoms with Crippen LogP contribution >= 0.6 is 0 Å². The Morgan fingerprint density at radius 2 is 1.81 bits per heavy atom. The average Bonchev–Trinajstić information content (AvgIpc) is 3.36. The van der Waals surface area contributed by atoms with E-state index in [4.69, 9.17) is 0 Å². The summed E-state index contributed by atoms with van der Waals surface area (Å²) < 4.78 is 65.4. The molecule has 1 aromatic carbocycles. The molecule has 3 rings (SSSR count). The predicted molar refractivity (Wildman–Crippen MR) is 85.6 cm³/mol. The van der Waals surface area contributed by atoms with Crippen molar-refractivity contribution in [1.29, 1.82) is 0 Å². The zero-order valence-electron chi connectivity index (χ0n) is 14.2. The lowest BCUT2D eigenvalue weighted by Gasteiger charge is -2.15. The molecule has 0 radical (unpaired) electrons. The van der Waals surface area contributed by atoms with Crippen LogP contribution in [0.25, 0.3) is 0 Å². The third-order valence-electron chi connectivity index (χ3n) is 4.42. The van der Waals surface area contributed by atoms with E-state index in [1.807, 2.05) is 0 Å². The summed E-state index contributed by atoms with van der Waals surface area (Å²) in [5, 5.41) is 0. The van der Waals surface area contributed by atoms with Crippen LogP contribution in [0.2, 0.25) is 0 Å². The second-order valence-corrected chi connectivity index (χ2v) is 6.68. The molecule has 4 nitrogen and oxygen atoms in total. The van der Waals surface area contributed by atoms with Gasteiger partial charge in [-0.1, -0.05) is 6.92 Å². The SMILES string of the molecule is C[C@@H](CC(=O)c1cc(=O)[nH]c(C2CC2)n1)c1cc(F)c(C(F)(F)F)c(F)c1. The molecular formula is C18H15F5N2O2. The molecule has 9 heteroatoms. The first-order valence-corrected chi connectivity index (χ1v) is 8.27. The van der Waals surface area contributed by atoms with Gasteiger partial charge in [-0.05, 0) is 36.5 Å². The first-order chi connectivity index (χ1) is 12.6. The number of hydrogen-bond acceptors (Lipinski definition) is 3. The normalized spacial score (nSPS) is 15.6. The van der Waals surface area contributed by atoms with E-state index < -0.39 is 40.6 Å². The van der Waals surface area contributed by atoms with Crippen LogP contribution in [-0.2, 0) is 6.18 Å². The van der Waals surface area contributed by atoms with Crippen molar-refractivity contribution < 1.29 is 26.7 Å². The van der Waals surface area contributed by atoms with Gasteiger partial charge in [0.2, 0.25) is 0 Å². The highest BCUT2D eigenvalue weighted by atomic mass is 19.4. The predicted octanol–water partition coefficient (Wildman–Crippen LogP) is 4.32. The molecule has 2 aromatic rings. The second kappa shape index (κ2) is 6.86. The fraction of sp³-hybridized carbons (Fsp3) is 0.389. The van der Waals surface area contributed by atoms with Gasteiger partial charge >= 0.3 is 6.18 Å². The second-order valence-electron chi connectivity index (χ2n) is 6.68. The number of carbonyl (C=O) groups is 1. The molecule has 1 heterocycles. The number of H-pyrrole nitrogens is 1. The summed E-state index contributed by atoms with van der Waals surface area (Å²) in [4.78, 5) is 30.7. The summed E-state index contributed by atoms with van der Waals surface area (Å²) in [6.07, 6.45) is -3.69. The molecule has 1 saturated carbocycles. The summed E-state index contributed by atoms with van der Waals surface area (Å²) >= 11 is 0. The van der Waals surface area contributed by atoms with E-state index in [0.717, 1.165) is 18.9 Å². The Morgan fingerprint density at radius 3 is 2.33 bits per heavy atom. The van der Waals surface area contributed by atoms with Gasteiger partial charge in [0.25, 0.3) is 5.56 Å². The van der Waals surface area contributed by atoms with Crippen LogP contribution < -0.4 is 5.56 Å². The van der Waals surface area contributed by atoms with E-state index in [2.05, 4.69) is 9.97 Å². The fourth-order valence-corrected chi connectivity index (χ4v) is 2.82. The Kier molecular flexibility index (Phi) is 4.88. The molecule has 0 spiro atoms. The van der Waals surface area contributed by atoms with E-state index in [9.17, 15) is 31.5 Å². The minimum absolute atomic E-state index is 0.0691. The van der Waals surface area contributed by atoms with Gasteiger partial charge in [0.05, 0.1) is 0 Å². The number of ketones is 1. The number of alkyl halides is 3. The molecule has 0 saturated heterocycles. The van der Waals surface area contributed by atoms with Gasteiger partial charge in [-0.2, -0.15) is 13.2 Å². The maximum Gasteiger partial charge on any atom is 0.422 e. The molecule has 1 N–H and O–H groups in total. The Bertz CT molecular complexity index is 924. The summed E-state index contributed by atoms with van der Waals surface area (Å²) in [5.74, 6) is -4.24. The van der Waals surface area contributed by atoms with Crippen LogP contribution in [0.1, 0.15) is 65.5 Å². The van der Waals surface area contributed by atoms with E-state index in [-0.39, 0.29) is 23.6 Å². The van der Waals surface area contributed by atoms with Gasteiger partial charge in [-0.3, -0.25) is 9.59 Å². The summed E-state index contributed by atoms with van der Waals surface area (Å²) in [6.45, 7) is 1.45. The van der Waals surface area contributed by atoms with Crippen LogP contribution in [-0.4, -0.2) is 15.8 Å². The first kappa shape index (κ1) is 19.2. The third kappa shape index (κ3) is 4.23. The van der Waals surface area contributed by atoms with Crippen LogP contribution in [0.15, 0.2) is 23.0 Å². The van der Waals surface area contributed by atoms with Crippen molar-refractivity contribution in [3.8, 4) is 0 Å². The number of Topliss-reactive ketones (excluding diaryl/α,β-unsaturated/α-hetero) is 1. The van der Waals surface area contributed by atoms with Crippen molar-refractivity contribution in [3.05, 3.63) is 62.8 Å². The highest BCUT2D eigenvalue weighted by Gasteiger charge is 2.38. The minimum atomic E-state index is -5.15. The molecule has 0 amide bonds. The van der Waals surface area contributed by atoms with Gasteiger partial charge in [-0.15, -0.1) is 0 Å².